The van der Waals surface area contributed by atoms with Crippen molar-refractivity contribution in [1.82, 2.24) is 10.6 Å². The molecule has 0 spiro atoms. The summed E-state index contributed by atoms with van der Waals surface area (Å²) in [6, 6.07) is 10.2. The van der Waals surface area contributed by atoms with Crippen LogP contribution < -0.4 is 10.6 Å². The maximum absolute atomic E-state index is 10.9. The number of rotatable bonds is 10. The van der Waals surface area contributed by atoms with E-state index in [-0.39, 0.29) is 12.4 Å². The van der Waals surface area contributed by atoms with Gasteiger partial charge in [-0.2, -0.15) is 0 Å². The Kier molecular flexibility index (Phi) is 9.74. The summed E-state index contributed by atoms with van der Waals surface area (Å²) in [6.45, 7) is 2.04. The summed E-state index contributed by atoms with van der Waals surface area (Å²) in [4.78, 5) is 5.37. The average Bonchev–Trinajstić information content (AvgIpc) is 2.52. The third-order valence-corrected chi connectivity index (χ3v) is 4.69. The van der Waals surface area contributed by atoms with E-state index in [0.717, 1.165) is 12.3 Å². The third-order valence-electron chi connectivity index (χ3n) is 2.77. The average molecular weight is 360 g/mol. The molecule has 0 unspecified atom stereocenters. The zero-order valence-electron chi connectivity index (χ0n) is 13.6. The third kappa shape index (κ3) is 11.0. The largest absolute Gasteiger partial charge is 0.379 e. The minimum absolute atomic E-state index is 0.0523. The van der Waals surface area contributed by atoms with Crippen molar-refractivity contribution in [2.75, 3.05) is 51.1 Å². The van der Waals surface area contributed by atoms with Gasteiger partial charge in [-0.15, -0.1) is 11.8 Å². The van der Waals surface area contributed by atoms with Crippen LogP contribution in [0.5, 0.6) is 0 Å². The van der Waals surface area contributed by atoms with Gasteiger partial charge >= 0.3 is 0 Å². The van der Waals surface area contributed by atoms with Gasteiger partial charge in [-0.25, -0.2) is 8.42 Å². The molecule has 0 atom stereocenters. The molecule has 0 bridgehead atoms. The number of guanidine groups is 1. The number of ether oxygens (including phenoxy) is 1. The number of hydrogen-bond acceptors (Lipinski definition) is 5. The monoisotopic (exact) mass is 359 g/mol. The van der Waals surface area contributed by atoms with Gasteiger partial charge in [-0.3, -0.25) is 4.99 Å². The van der Waals surface area contributed by atoms with Crippen molar-refractivity contribution >= 4 is 27.6 Å². The number of aliphatic imine (C=N–C) groups is 1. The highest BCUT2D eigenvalue weighted by molar-refractivity contribution is 7.99. The molecule has 1 aromatic carbocycles. The van der Waals surface area contributed by atoms with Gasteiger partial charge in [0, 0.05) is 37.0 Å². The van der Waals surface area contributed by atoms with E-state index in [1.165, 1.54) is 11.2 Å². The van der Waals surface area contributed by atoms with Crippen molar-refractivity contribution in [2.45, 2.75) is 4.90 Å². The van der Waals surface area contributed by atoms with Gasteiger partial charge in [-0.05, 0) is 12.1 Å². The second-order valence-electron chi connectivity index (χ2n) is 4.83. The first-order valence-corrected chi connectivity index (χ1v) is 10.4. The van der Waals surface area contributed by atoms with E-state index in [1.54, 1.807) is 18.8 Å². The Hall–Kier alpha value is -1.25. The van der Waals surface area contributed by atoms with E-state index < -0.39 is 9.84 Å². The normalized spacial score (nSPS) is 12.2. The van der Waals surface area contributed by atoms with E-state index >= 15 is 0 Å². The lowest BCUT2D eigenvalue weighted by Gasteiger charge is -2.11. The SMILES string of the molecule is CN=C(NCCOCCS(C)(=O)=O)NCCSc1ccccc1. The second kappa shape index (κ2) is 11.3. The standard InChI is InChI=1S/C15H25N3O3S2/c1-16-15(17-8-10-21-11-13-23(2,19)20)18-9-12-22-14-6-4-3-5-7-14/h3-7H,8-13H2,1-2H3,(H2,16,17,18). The van der Waals surface area contributed by atoms with E-state index in [0.29, 0.717) is 19.1 Å². The molecule has 0 aliphatic heterocycles. The van der Waals surface area contributed by atoms with E-state index in [1.807, 2.05) is 18.2 Å². The van der Waals surface area contributed by atoms with Crippen LogP contribution >= 0.6 is 11.8 Å². The predicted octanol–water partition coefficient (Wildman–Crippen LogP) is 1.00. The van der Waals surface area contributed by atoms with Gasteiger partial charge in [0.25, 0.3) is 0 Å². The Balaban J connectivity index is 2.06. The minimum atomic E-state index is -2.95. The zero-order chi connectivity index (χ0) is 17.0. The Labute approximate surface area is 143 Å². The molecule has 23 heavy (non-hydrogen) atoms. The number of sulfone groups is 1. The summed E-state index contributed by atoms with van der Waals surface area (Å²) in [7, 11) is -1.24. The highest BCUT2D eigenvalue weighted by Gasteiger charge is 2.01. The van der Waals surface area contributed by atoms with E-state index in [9.17, 15) is 8.42 Å². The van der Waals surface area contributed by atoms with Crippen LogP contribution in [0, 0.1) is 0 Å². The van der Waals surface area contributed by atoms with Gasteiger partial charge in [0.05, 0.1) is 19.0 Å². The lowest BCUT2D eigenvalue weighted by molar-refractivity contribution is 0.154. The molecule has 0 radical (unpaired) electrons. The molecule has 130 valence electrons. The molecule has 0 aliphatic carbocycles. The fourth-order valence-electron chi connectivity index (χ4n) is 1.63. The Morgan fingerprint density at radius 2 is 1.87 bits per heavy atom. The van der Waals surface area contributed by atoms with Gasteiger partial charge in [0.15, 0.2) is 5.96 Å². The molecule has 0 aromatic heterocycles. The van der Waals surface area contributed by atoms with E-state index in [2.05, 4.69) is 27.8 Å². The number of thioether (sulfide) groups is 1. The summed E-state index contributed by atoms with van der Waals surface area (Å²) < 4.78 is 27.1. The van der Waals surface area contributed by atoms with Crippen LogP contribution in [0.2, 0.25) is 0 Å². The van der Waals surface area contributed by atoms with Crippen molar-refractivity contribution in [3.8, 4) is 0 Å². The molecule has 0 saturated heterocycles. The molecule has 0 amide bonds. The number of nitrogens with zero attached hydrogens (tertiary/aromatic N) is 1. The molecule has 2 N–H and O–H groups in total. The van der Waals surface area contributed by atoms with Crippen LogP contribution in [0.3, 0.4) is 0 Å². The van der Waals surface area contributed by atoms with Crippen LogP contribution in [0.15, 0.2) is 40.2 Å². The number of benzene rings is 1. The lowest BCUT2D eigenvalue weighted by atomic mass is 10.4. The lowest BCUT2D eigenvalue weighted by Crippen LogP contribution is -2.40. The van der Waals surface area contributed by atoms with Crippen molar-refractivity contribution < 1.29 is 13.2 Å². The first-order chi connectivity index (χ1) is 11.0. The summed E-state index contributed by atoms with van der Waals surface area (Å²) in [6.07, 6.45) is 1.20. The highest BCUT2D eigenvalue weighted by Crippen LogP contribution is 2.15. The fraction of sp³-hybridized carbons (Fsp3) is 0.533. The molecular weight excluding hydrogens is 334 g/mol. The molecule has 1 aromatic rings. The molecule has 0 aliphatic rings. The van der Waals surface area contributed by atoms with Crippen LogP contribution in [-0.2, 0) is 14.6 Å². The molecule has 0 saturated carbocycles. The summed E-state index contributed by atoms with van der Waals surface area (Å²) in [5, 5.41) is 6.34. The van der Waals surface area contributed by atoms with Crippen LogP contribution in [0.4, 0.5) is 0 Å². The molecule has 8 heteroatoms. The van der Waals surface area contributed by atoms with Crippen molar-refractivity contribution in [1.29, 1.82) is 0 Å². The smallest absolute Gasteiger partial charge is 0.191 e. The van der Waals surface area contributed by atoms with Gasteiger partial charge in [-0.1, -0.05) is 18.2 Å². The first-order valence-electron chi connectivity index (χ1n) is 7.39. The van der Waals surface area contributed by atoms with Gasteiger partial charge in [0.2, 0.25) is 0 Å². The van der Waals surface area contributed by atoms with Crippen LogP contribution in [0.25, 0.3) is 0 Å². The maximum Gasteiger partial charge on any atom is 0.191 e. The second-order valence-corrected chi connectivity index (χ2v) is 8.26. The molecule has 0 heterocycles. The summed E-state index contributed by atoms with van der Waals surface area (Å²) >= 11 is 1.78. The van der Waals surface area contributed by atoms with Crippen LogP contribution in [-0.4, -0.2) is 65.5 Å². The molecule has 1 rings (SSSR count). The highest BCUT2D eigenvalue weighted by atomic mass is 32.2. The predicted molar refractivity (Wildman–Crippen MR) is 97.1 cm³/mol. The number of nitrogens with one attached hydrogen (secondary N) is 2. The Morgan fingerprint density at radius 3 is 2.52 bits per heavy atom. The quantitative estimate of drug-likeness (QED) is 0.281. The van der Waals surface area contributed by atoms with Crippen molar-refractivity contribution in [3.05, 3.63) is 30.3 Å². The maximum atomic E-state index is 10.9. The molecular formula is C15H25N3O3S2. The number of hydrogen-bond donors (Lipinski definition) is 2. The summed E-state index contributed by atoms with van der Waals surface area (Å²) in [5.74, 6) is 1.71. The summed E-state index contributed by atoms with van der Waals surface area (Å²) in [5.41, 5.74) is 0. The molecule has 0 fully saturated rings. The first kappa shape index (κ1) is 19.8. The van der Waals surface area contributed by atoms with Crippen molar-refractivity contribution in [3.63, 3.8) is 0 Å². The minimum Gasteiger partial charge on any atom is -0.379 e. The topological polar surface area (TPSA) is 79.8 Å². The fourth-order valence-corrected chi connectivity index (χ4v) is 2.84. The van der Waals surface area contributed by atoms with Gasteiger partial charge in [0.1, 0.15) is 9.84 Å². The Morgan fingerprint density at radius 1 is 1.17 bits per heavy atom. The van der Waals surface area contributed by atoms with Crippen LogP contribution in [0.1, 0.15) is 0 Å². The van der Waals surface area contributed by atoms with Gasteiger partial charge < -0.3 is 15.4 Å². The zero-order valence-corrected chi connectivity index (χ0v) is 15.3. The van der Waals surface area contributed by atoms with Crippen molar-refractivity contribution in [2.24, 2.45) is 4.99 Å². The van der Waals surface area contributed by atoms with E-state index in [4.69, 9.17) is 4.74 Å². The Bertz CT molecular complexity index is 563. The molecule has 6 nitrogen and oxygen atoms in total.